The lowest BCUT2D eigenvalue weighted by atomic mass is 10.1. The first-order valence-corrected chi connectivity index (χ1v) is 11.8. The highest BCUT2D eigenvalue weighted by molar-refractivity contribution is 7.89. The van der Waals surface area contributed by atoms with E-state index in [1.54, 1.807) is 30.3 Å². The Morgan fingerprint density at radius 3 is 2.23 bits per heavy atom. The minimum atomic E-state index is -3.57. The summed E-state index contributed by atoms with van der Waals surface area (Å²) < 4.78 is 27.3. The van der Waals surface area contributed by atoms with Gasteiger partial charge in [-0.15, -0.1) is 6.58 Å². The fraction of sp³-hybridized carbons (Fsp3) is 0.304. The molecule has 1 fully saturated rings. The molecule has 1 heterocycles. The van der Waals surface area contributed by atoms with E-state index in [1.807, 2.05) is 0 Å². The van der Waals surface area contributed by atoms with Crippen LogP contribution in [0.1, 0.15) is 46.4 Å². The van der Waals surface area contributed by atoms with E-state index in [0.717, 1.165) is 25.7 Å². The van der Waals surface area contributed by atoms with Crippen LogP contribution in [0.5, 0.6) is 0 Å². The van der Waals surface area contributed by atoms with Gasteiger partial charge in [-0.05, 0) is 49.2 Å². The Morgan fingerprint density at radius 1 is 0.935 bits per heavy atom. The molecule has 1 saturated heterocycles. The summed E-state index contributed by atoms with van der Waals surface area (Å²) in [6.45, 7) is 4.92. The smallest absolute Gasteiger partial charge is 0.255 e. The van der Waals surface area contributed by atoms with E-state index in [1.165, 1.54) is 28.6 Å². The number of nitrogens with one attached hydrogen (secondary N) is 2. The summed E-state index contributed by atoms with van der Waals surface area (Å²) in [7, 11) is -3.57. The fourth-order valence-electron chi connectivity index (χ4n) is 3.45. The molecule has 31 heavy (non-hydrogen) atoms. The van der Waals surface area contributed by atoms with Gasteiger partial charge in [0.1, 0.15) is 0 Å². The topological polar surface area (TPSA) is 95.6 Å². The Labute approximate surface area is 183 Å². The Balaban J connectivity index is 1.74. The van der Waals surface area contributed by atoms with Crippen LogP contribution in [-0.4, -0.2) is 44.2 Å². The van der Waals surface area contributed by atoms with Crippen molar-refractivity contribution in [2.45, 2.75) is 30.6 Å². The van der Waals surface area contributed by atoms with E-state index in [-0.39, 0.29) is 10.8 Å². The standard InChI is InChI=1S/C23H27N3O4S/c1-2-15-24-23(28)20-9-5-6-10-21(20)25-22(27)18-11-13-19(14-12-18)31(29,30)26-16-7-3-4-8-17-26/h2,5-6,9-14H,1,3-4,7-8,15-17H2,(H,24,28)(H,25,27). The molecule has 2 aromatic carbocycles. The van der Waals surface area contributed by atoms with Crippen molar-refractivity contribution in [1.29, 1.82) is 0 Å². The predicted octanol–water partition coefficient (Wildman–Crippen LogP) is 3.42. The third-order valence-electron chi connectivity index (χ3n) is 5.15. The van der Waals surface area contributed by atoms with Crippen molar-refractivity contribution in [2.24, 2.45) is 0 Å². The molecule has 3 rings (SSSR count). The molecule has 0 atom stereocenters. The van der Waals surface area contributed by atoms with Crippen molar-refractivity contribution < 1.29 is 18.0 Å². The van der Waals surface area contributed by atoms with Crippen LogP contribution in [0.2, 0.25) is 0 Å². The van der Waals surface area contributed by atoms with E-state index in [2.05, 4.69) is 17.2 Å². The minimum Gasteiger partial charge on any atom is -0.349 e. The predicted molar refractivity (Wildman–Crippen MR) is 121 cm³/mol. The quantitative estimate of drug-likeness (QED) is 0.644. The molecule has 0 aliphatic carbocycles. The first-order valence-electron chi connectivity index (χ1n) is 10.3. The number of carbonyl (C=O) groups is 2. The van der Waals surface area contributed by atoms with Gasteiger partial charge in [-0.25, -0.2) is 8.42 Å². The maximum atomic E-state index is 12.9. The van der Waals surface area contributed by atoms with Crippen LogP contribution in [0, 0.1) is 0 Å². The first kappa shape index (κ1) is 22.7. The average Bonchev–Trinajstić information content (AvgIpc) is 3.08. The van der Waals surface area contributed by atoms with Gasteiger partial charge in [0.05, 0.1) is 16.1 Å². The summed E-state index contributed by atoms with van der Waals surface area (Å²) in [6, 6.07) is 12.6. The van der Waals surface area contributed by atoms with Crippen molar-refractivity contribution >= 4 is 27.5 Å². The van der Waals surface area contributed by atoms with E-state index in [0.29, 0.717) is 36.4 Å². The van der Waals surface area contributed by atoms with E-state index in [9.17, 15) is 18.0 Å². The molecule has 8 heteroatoms. The normalized spacial score (nSPS) is 15.0. The number of hydrogen-bond acceptors (Lipinski definition) is 4. The third-order valence-corrected chi connectivity index (χ3v) is 7.06. The molecule has 0 saturated carbocycles. The first-order chi connectivity index (χ1) is 14.9. The van der Waals surface area contributed by atoms with Crippen LogP contribution in [0.25, 0.3) is 0 Å². The highest BCUT2D eigenvalue weighted by Crippen LogP contribution is 2.21. The second-order valence-electron chi connectivity index (χ2n) is 7.34. The lowest BCUT2D eigenvalue weighted by Gasteiger charge is -2.20. The maximum absolute atomic E-state index is 12.9. The van der Waals surface area contributed by atoms with Crippen LogP contribution in [0.4, 0.5) is 5.69 Å². The van der Waals surface area contributed by atoms with Gasteiger partial charge in [-0.3, -0.25) is 9.59 Å². The molecule has 1 aliphatic heterocycles. The largest absolute Gasteiger partial charge is 0.349 e. The summed E-state index contributed by atoms with van der Waals surface area (Å²) in [5.74, 6) is -0.752. The monoisotopic (exact) mass is 441 g/mol. The van der Waals surface area contributed by atoms with E-state index >= 15 is 0 Å². The minimum absolute atomic E-state index is 0.176. The molecule has 2 N–H and O–H groups in total. The molecule has 164 valence electrons. The van der Waals surface area contributed by atoms with Gasteiger partial charge in [0.25, 0.3) is 11.8 Å². The van der Waals surface area contributed by atoms with Gasteiger partial charge in [-0.1, -0.05) is 31.1 Å². The van der Waals surface area contributed by atoms with Gasteiger partial charge >= 0.3 is 0 Å². The highest BCUT2D eigenvalue weighted by Gasteiger charge is 2.25. The van der Waals surface area contributed by atoms with Crippen LogP contribution >= 0.6 is 0 Å². The number of rotatable bonds is 7. The second-order valence-corrected chi connectivity index (χ2v) is 9.28. The van der Waals surface area contributed by atoms with Gasteiger partial charge < -0.3 is 10.6 Å². The highest BCUT2D eigenvalue weighted by atomic mass is 32.2. The van der Waals surface area contributed by atoms with Crippen LogP contribution < -0.4 is 10.6 Å². The van der Waals surface area contributed by atoms with Crippen molar-refractivity contribution in [3.05, 3.63) is 72.3 Å². The number of hydrogen-bond donors (Lipinski definition) is 2. The molecule has 7 nitrogen and oxygen atoms in total. The summed E-state index contributed by atoms with van der Waals surface area (Å²) in [4.78, 5) is 25.2. The third kappa shape index (κ3) is 5.59. The Hall–Kier alpha value is -2.97. The zero-order valence-electron chi connectivity index (χ0n) is 17.3. The average molecular weight is 442 g/mol. The zero-order chi connectivity index (χ0) is 22.3. The summed E-state index contributed by atoms with van der Waals surface area (Å²) in [5, 5.41) is 5.41. The second kappa shape index (κ2) is 10.4. The number of sulfonamides is 1. The number of benzene rings is 2. The molecule has 0 radical (unpaired) electrons. The van der Waals surface area contributed by atoms with Gasteiger partial charge in [-0.2, -0.15) is 4.31 Å². The van der Waals surface area contributed by atoms with E-state index in [4.69, 9.17) is 0 Å². The number of carbonyl (C=O) groups excluding carboxylic acids is 2. The lowest BCUT2D eigenvalue weighted by Crippen LogP contribution is -2.32. The van der Waals surface area contributed by atoms with Crippen molar-refractivity contribution in [3.63, 3.8) is 0 Å². The maximum Gasteiger partial charge on any atom is 0.255 e. The Morgan fingerprint density at radius 2 is 1.58 bits per heavy atom. The number of nitrogens with zero attached hydrogens (tertiary/aromatic N) is 1. The van der Waals surface area contributed by atoms with Gasteiger partial charge in [0.2, 0.25) is 10.0 Å². The van der Waals surface area contributed by atoms with Crippen LogP contribution in [0.3, 0.4) is 0 Å². The van der Waals surface area contributed by atoms with Gasteiger partial charge in [0, 0.05) is 25.2 Å². The Kier molecular flexibility index (Phi) is 7.59. The summed E-state index contributed by atoms with van der Waals surface area (Å²) >= 11 is 0. The SMILES string of the molecule is C=CCNC(=O)c1ccccc1NC(=O)c1ccc(S(=O)(=O)N2CCCCCC2)cc1. The number of anilines is 1. The molecule has 0 unspecified atom stereocenters. The molecule has 2 amide bonds. The fourth-order valence-corrected chi connectivity index (χ4v) is 4.97. The molecular formula is C23H27N3O4S. The van der Waals surface area contributed by atoms with Crippen molar-refractivity contribution in [1.82, 2.24) is 9.62 Å². The molecule has 0 spiro atoms. The summed E-state index contributed by atoms with van der Waals surface area (Å²) in [5.41, 5.74) is 1.00. The zero-order valence-corrected chi connectivity index (χ0v) is 18.2. The van der Waals surface area contributed by atoms with Crippen molar-refractivity contribution in [3.8, 4) is 0 Å². The molecule has 1 aliphatic rings. The summed E-state index contributed by atoms with van der Waals surface area (Å²) in [6.07, 6.45) is 5.37. The van der Waals surface area contributed by atoms with E-state index < -0.39 is 15.9 Å². The molecule has 0 bridgehead atoms. The van der Waals surface area contributed by atoms with Crippen LogP contribution in [-0.2, 0) is 10.0 Å². The molecule has 2 aromatic rings. The van der Waals surface area contributed by atoms with Crippen molar-refractivity contribution in [2.75, 3.05) is 25.0 Å². The number of para-hydroxylation sites is 1. The number of amides is 2. The Bertz CT molecular complexity index is 1040. The van der Waals surface area contributed by atoms with Crippen LogP contribution in [0.15, 0.2) is 66.1 Å². The van der Waals surface area contributed by atoms with Gasteiger partial charge in [0.15, 0.2) is 0 Å². The lowest BCUT2D eigenvalue weighted by molar-refractivity contribution is 0.0959. The molecular weight excluding hydrogens is 414 g/mol. The molecule has 0 aromatic heterocycles.